The Kier molecular flexibility index (Phi) is 8.53. The number of benzene rings is 1. The van der Waals surface area contributed by atoms with Gasteiger partial charge in [-0.25, -0.2) is 4.98 Å². The van der Waals surface area contributed by atoms with Crippen molar-refractivity contribution in [1.82, 2.24) is 15.6 Å². The first-order valence-electron chi connectivity index (χ1n) is 10.1. The first-order valence-corrected chi connectivity index (χ1v) is 11.0. The van der Waals surface area contributed by atoms with E-state index in [0.29, 0.717) is 24.8 Å². The zero-order chi connectivity index (χ0) is 21.0. The summed E-state index contributed by atoms with van der Waals surface area (Å²) in [4.78, 5) is 10.1. The fraction of sp³-hybridized carbons (Fsp3) is 0.304. The second kappa shape index (κ2) is 11.8. The van der Waals surface area contributed by atoms with E-state index in [1.165, 1.54) is 4.88 Å². The van der Waals surface area contributed by atoms with E-state index in [0.717, 1.165) is 36.7 Å². The highest BCUT2D eigenvalue weighted by molar-refractivity contribution is 7.09. The molecule has 0 unspecified atom stereocenters. The summed E-state index contributed by atoms with van der Waals surface area (Å²) in [6.45, 7) is 4.08. The highest BCUT2D eigenvalue weighted by Crippen LogP contribution is 2.31. The minimum absolute atomic E-state index is 0.542. The van der Waals surface area contributed by atoms with Crippen molar-refractivity contribution in [2.45, 2.75) is 26.3 Å². The van der Waals surface area contributed by atoms with Gasteiger partial charge < -0.3 is 20.1 Å². The lowest BCUT2D eigenvalue weighted by Crippen LogP contribution is -2.37. The van der Waals surface area contributed by atoms with Crippen molar-refractivity contribution in [2.75, 3.05) is 20.2 Å². The molecule has 2 heterocycles. The van der Waals surface area contributed by atoms with Gasteiger partial charge in [0.25, 0.3) is 0 Å². The number of thiophene rings is 1. The van der Waals surface area contributed by atoms with Crippen LogP contribution in [0.1, 0.15) is 23.8 Å². The van der Waals surface area contributed by atoms with Crippen LogP contribution in [0, 0.1) is 0 Å². The lowest BCUT2D eigenvalue weighted by atomic mass is 10.2. The van der Waals surface area contributed by atoms with Crippen LogP contribution in [0.4, 0.5) is 0 Å². The van der Waals surface area contributed by atoms with Crippen LogP contribution < -0.4 is 20.1 Å². The van der Waals surface area contributed by atoms with Gasteiger partial charge in [0.1, 0.15) is 0 Å². The summed E-state index contributed by atoms with van der Waals surface area (Å²) in [7, 11) is 1.77. The van der Waals surface area contributed by atoms with Crippen LogP contribution >= 0.6 is 11.3 Å². The molecule has 7 heteroatoms. The first-order chi connectivity index (χ1) is 14.8. The zero-order valence-electron chi connectivity index (χ0n) is 17.4. The van der Waals surface area contributed by atoms with Crippen molar-refractivity contribution in [3.05, 3.63) is 70.5 Å². The number of hydrogen-bond acceptors (Lipinski definition) is 5. The van der Waals surface area contributed by atoms with Gasteiger partial charge in [-0.1, -0.05) is 31.2 Å². The Hall–Kier alpha value is -3.06. The van der Waals surface area contributed by atoms with E-state index in [-0.39, 0.29) is 0 Å². The van der Waals surface area contributed by atoms with E-state index in [1.807, 2.05) is 36.4 Å². The summed E-state index contributed by atoms with van der Waals surface area (Å²) in [5.74, 6) is 2.67. The molecule has 0 radical (unpaired) electrons. The van der Waals surface area contributed by atoms with Gasteiger partial charge in [-0.2, -0.15) is 0 Å². The molecule has 158 valence electrons. The van der Waals surface area contributed by atoms with Crippen molar-refractivity contribution in [1.29, 1.82) is 0 Å². The SMILES string of the molecule is CCCOc1ccccc1Oc1ncccc1CNC(=NC)NCCc1cccs1. The number of aliphatic imine (C=N–C) groups is 1. The molecule has 0 spiro atoms. The summed E-state index contributed by atoms with van der Waals surface area (Å²) >= 11 is 1.77. The monoisotopic (exact) mass is 424 g/mol. The van der Waals surface area contributed by atoms with E-state index in [2.05, 4.69) is 45.0 Å². The molecule has 3 aromatic rings. The Morgan fingerprint density at radius 1 is 1.07 bits per heavy atom. The van der Waals surface area contributed by atoms with E-state index in [4.69, 9.17) is 9.47 Å². The van der Waals surface area contributed by atoms with E-state index in [1.54, 1.807) is 24.6 Å². The maximum Gasteiger partial charge on any atom is 0.224 e. The molecule has 0 bridgehead atoms. The topological polar surface area (TPSA) is 67.8 Å². The third-order valence-electron chi connectivity index (χ3n) is 4.28. The van der Waals surface area contributed by atoms with E-state index < -0.39 is 0 Å². The molecule has 30 heavy (non-hydrogen) atoms. The largest absolute Gasteiger partial charge is 0.490 e. The molecule has 0 aliphatic rings. The molecule has 0 amide bonds. The van der Waals surface area contributed by atoms with Crippen LogP contribution in [0.5, 0.6) is 17.4 Å². The standard InChI is InChI=1S/C23H28N4O2S/c1-3-15-28-20-10-4-5-11-21(20)29-22-18(8-6-13-25-22)17-27-23(24-2)26-14-12-19-9-7-16-30-19/h4-11,13,16H,3,12,14-15,17H2,1-2H3,(H2,24,26,27). The number of hydrogen-bond donors (Lipinski definition) is 2. The molecule has 2 N–H and O–H groups in total. The summed E-state index contributed by atoms with van der Waals surface area (Å²) < 4.78 is 11.9. The third kappa shape index (κ3) is 6.49. The van der Waals surface area contributed by atoms with Crippen molar-refractivity contribution in [3.63, 3.8) is 0 Å². The molecule has 1 aromatic carbocycles. The number of para-hydroxylation sites is 2. The molecule has 3 rings (SSSR count). The Morgan fingerprint density at radius 2 is 1.93 bits per heavy atom. The predicted octanol–water partition coefficient (Wildman–Crippen LogP) is 4.63. The Labute approximate surface area is 182 Å². The summed E-state index contributed by atoms with van der Waals surface area (Å²) in [5, 5.41) is 8.77. The first kappa shape index (κ1) is 21.6. The molecule has 0 aliphatic carbocycles. The van der Waals surface area contributed by atoms with Crippen molar-refractivity contribution in [3.8, 4) is 17.4 Å². The fourth-order valence-corrected chi connectivity index (χ4v) is 3.49. The van der Waals surface area contributed by atoms with Gasteiger partial charge in [0.2, 0.25) is 5.88 Å². The number of nitrogens with zero attached hydrogens (tertiary/aromatic N) is 2. The summed E-state index contributed by atoms with van der Waals surface area (Å²) in [6, 6.07) is 15.8. The lowest BCUT2D eigenvalue weighted by Gasteiger charge is -2.15. The minimum atomic E-state index is 0.542. The van der Waals surface area contributed by atoms with E-state index >= 15 is 0 Å². The molecule has 0 atom stereocenters. The van der Waals surface area contributed by atoms with Gasteiger partial charge in [-0.3, -0.25) is 4.99 Å². The Bertz CT molecular complexity index is 928. The number of rotatable bonds is 10. The third-order valence-corrected chi connectivity index (χ3v) is 5.22. The average molecular weight is 425 g/mol. The molecular weight excluding hydrogens is 396 g/mol. The van der Waals surface area contributed by atoms with Crippen LogP contribution in [-0.2, 0) is 13.0 Å². The quantitative estimate of drug-likeness (QED) is 0.367. The number of pyridine rings is 1. The van der Waals surface area contributed by atoms with Gasteiger partial charge in [0, 0.05) is 36.8 Å². The highest BCUT2D eigenvalue weighted by Gasteiger charge is 2.11. The number of nitrogens with one attached hydrogen (secondary N) is 2. The Morgan fingerprint density at radius 3 is 2.70 bits per heavy atom. The molecule has 0 saturated heterocycles. The van der Waals surface area contributed by atoms with Crippen LogP contribution in [-0.4, -0.2) is 31.1 Å². The van der Waals surface area contributed by atoms with E-state index in [9.17, 15) is 0 Å². The lowest BCUT2D eigenvalue weighted by molar-refractivity contribution is 0.300. The minimum Gasteiger partial charge on any atom is -0.490 e. The second-order valence-corrected chi connectivity index (χ2v) is 7.58. The normalized spacial score (nSPS) is 11.2. The molecule has 6 nitrogen and oxygen atoms in total. The molecule has 0 aliphatic heterocycles. The molecular formula is C23H28N4O2S. The predicted molar refractivity (Wildman–Crippen MR) is 123 cm³/mol. The number of aromatic nitrogens is 1. The van der Waals surface area contributed by atoms with Crippen molar-refractivity contribution in [2.24, 2.45) is 4.99 Å². The van der Waals surface area contributed by atoms with Gasteiger partial charge in [0.05, 0.1) is 6.61 Å². The van der Waals surface area contributed by atoms with Gasteiger partial charge in [0.15, 0.2) is 17.5 Å². The fourth-order valence-electron chi connectivity index (χ4n) is 2.78. The highest BCUT2D eigenvalue weighted by atomic mass is 32.1. The number of ether oxygens (including phenoxy) is 2. The number of guanidine groups is 1. The van der Waals surface area contributed by atoms with Gasteiger partial charge >= 0.3 is 0 Å². The van der Waals surface area contributed by atoms with Gasteiger partial charge in [-0.05, 0) is 42.5 Å². The van der Waals surface area contributed by atoms with Crippen LogP contribution in [0.2, 0.25) is 0 Å². The zero-order valence-corrected chi connectivity index (χ0v) is 18.2. The van der Waals surface area contributed by atoms with Crippen LogP contribution in [0.3, 0.4) is 0 Å². The maximum atomic E-state index is 6.10. The van der Waals surface area contributed by atoms with Crippen molar-refractivity contribution >= 4 is 17.3 Å². The smallest absolute Gasteiger partial charge is 0.224 e. The average Bonchev–Trinajstić information content (AvgIpc) is 3.30. The van der Waals surface area contributed by atoms with Crippen LogP contribution in [0.25, 0.3) is 0 Å². The summed E-state index contributed by atoms with van der Waals surface area (Å²) in [6.07, 6.45) is 3.63. The molecule has 2 aromatic heterocycles. The van der Waals surface area contributed by atoms with Gasteiger partial charge in [-0.15, -0.1) is 11.3 Å². The Balaban J connectivity index is 1.59. The molecule has 0 fully saturated rings. The summed E-state index contributed by atoms with van der Waals surface area (Å²) in [5.41, 5.74) is 0.934. The molecule has 0 saturated carbocycles. The maximum absolute atomic E-state index is 6.10. The second-order valence-electron chi connectivity index (χ2n) is 6.55. The van der Waals surface area contributed by atoms with Crippen molar-refractivity contribution < 1.29 is 9.47 Å². The van der Waals surface area contributed by atoms with Crippen LogP contribution in [0.15, 0.2) is 65.1 Å².